The average Bonchev–Trinajstić information content (AvgIpc) is 3.24. The molecule has 1 aliphatic carbocycles. The smallest absolute Gasteiger partial charge is 0.162 e. The van der Waals surface area contributed by atoms with Gasteiger partial charge in [-0.3, -0.25) is 0 Å². The molecule has 1 saturated carbocycles. The van der Waals surface area contributed by atoms with Crippen molar-refractivity contribution in [3.63, 3.8) is 0 Å². The topological polar surface area (TPSA) is 79.5 Å². The standard InChI is InChI=1S/C22H22F3N3O3/c1-10-2-5-27-22-18(10)14(24)9-28(22)15-7-17(21(30)20(15)29)31-16-6-13(23)19(25)11-3-4-26-8-12(11)16/h2,5-6,9,15,17,20-21,26,29-30H,3-4,7-8H2,1H3/t15-,17+,20+,21-/m1/s1. The van der Waals surface area contributed by atoms with Crippen LogP contribution >= 0.6 is 0 Å². The summed E-state index contributed by atoms with van der Waals surface area (Å²) >= 11 is 0. The molecule has 0 saturated heterocycles. The van der Waals surface area contributed by atoms with Crippen LogP contribution in [0, 0.1) is 24.4 Å². The Morgan fingerprint density at radius 3 is 2.77 bits per heavy atom. The summed E-state index contributed by atoms with van der Waals surface area (Å²) in [6.45, 7) is 2.61. The van der Waals surface area contributed by atoms with E-state index in [9.17, 15) is 23.4 Å². The number of aliphatic hydroxyl groups excluding tert-OH is 2. The van der Waals surface area contributed by atoms with E-state index in [0.29, 0.717) is 41.7 Å². The number of benzene rings is 1. The molecular weight excluding hydrogens is 411 g/mol. The number of nitrogens with one attached hydrogen (secondary N) is 1. The maximum atomic E-state index is 14.5. The molecule has 0 spiro atoms. The first-order chi connectivity index (χ1) is 14.9. The zero-order valence-corrected chi connectivity index (χ0v) is 16.8. The van der Waals surface area contributed by atoms with Crippen molar-refractivity contribution in [2.45, 2.75) is 50.7 Å². The Labute approximate surface area is 176 Å². The van der Waals surface area contributed by atoms with Crippen molar-refractivity contribution in [3.05, 3.63) is 58.7 Å². The van der Waals surface area contributed by atoms with Gasteiger partial charge in [0.05, 0.1) is 11.4 Å². The van der Waals surface area contributed by atoms with Gasteiger partial charge >= 0.3 is 0 Å². The van der Waals surface area contributed by atoms with Crippen molar-refractivity contribution >= 4 is 11.0 Å². The van der Waals surface area contributed by atoms with Crippen LogP contribution in [0.5, 0.6) is 5.75 Å². The molecule has 1 aliphatic heterocycles. The monoisotopic (exact) mass is 433 g/mol. The van der Waals surface area contributed by atoms with E-state index < -0.39 is 41.8 Å². The number of aryl methyl sites for hydroxylation is 1. The molecule has 0 unspecified atom stereocenters. The van der Waals surface area contributed by atoms with Gasteiger partial charge in [-0.05, 0) is 31.5 Å². The summed E-state index contributed by atoms with van der Waals surface area (Å²) in [6.07, 6.45) is -0.148. The second-order valence-electron chi connectivity index (χ2n) is 8.21. The summed E-state index contributed by atoms with van der Waals surface area (Å²) in [6, 6.07) is 1.98. The fourth-order valence-electron chi connectivity index (χ4n) is 4.74. The number of halogens is 3. The van der Waals surface area contributed by atoms with E-state index >= 15 is 0 Å². The Morgan fingerprint density at radius 1 is 1.16 bits per heavy atom. The Morgan fingerprint density at radius 2 is 1.97 bits per heavy atom. The maximum absolute atomic E-state index is 14.5. The SMILES string of the molecule is Cc1ccnc2c1c(F)cn2[C@@H]1C[C@H](Oc2cc(F)c(F)c3c2CNCC3)[C@@H](O)[C@H]1O. The third-order valence-electron chi connectivity index (χ3n) is 6.36. The van der Waals surface area contributed by atoms with Crippen molar-refractivity contribution in [1.29, 1.82) is 0 Å². The number of rotatable bonds is 3. The quantitative estimate of drug-likeness (QED) is 0.592. The van der Waals surface area contributed by atoms with Gasteiger partial charge < -0.3 is 24.8 Å². The van der Waals surface area contributed by atoms with Crippen LogP contribution in [-0.4, -0.2) is 44.6 Å². The fraction of sp³-hybridized carbons (Fsp3) is 0.409. The largest absolute Gasteiger partial charge is 0.487 e. The lowest BCUT2D eigenvalue weighted by Crippen LogP contribution is -2.35. The van der Waals surface area contributed by atoms with E-state index in [0.717, 1.165) is 6.07 Å². The molecule has 6 nitrogen and oxygen atoms in total. The van der Waals surface area contributed by atoms with Crippen molar-refractivity contribution in [2.75, 3.05) is 6.54 Å². The molecule has 9 heteroatoms. The van der Waals surface area contributed by atoms with Crippen LogP contribution in [0.25, 0.3) is 11.0 Å². The summed E-state index contributed by atoms with van der Waals surface area (Å²) in [4.78, 5) is 4.24. The molecule has 5 rings (SSSR count). The van der Waals surface area contributed by atoms with Gasteiger partial charge in [-0.1, -0.05) is 0 Å². The van der Waals surface area contributed by atoms with Gasteiger partial charge in [0.25, 0.3) is 0 Å². The van der Waals surface area contributed by atoms with Gasteiger partial charge in [0.15, 0.2) is 17.5 Å². The molecule has 2 aromatic heterocycles. The molecule has 1 fully saturated rings. The first-order valence-corrected chi connectivity index (χ1v) is 10.2. The maximum Gasteiger partial charge on any atom is 0.162 e. The van der Waals surface area contributed by atoms with E-state index in [1.807, 2.05) is 0 Å². The fourth-order valence-corrected chi connectivity index (χ4v) is 4.74. The highest BCUT2D eigenvalue weighted by Gasteiger charge is 2.45. The lowest BCUT2D eigenvalue weighted by Gasteiger charge is -2.25. The molecule has 3 heterocycles. The summed E-state index contributed by atoms with van der Waals surface area (Å²) in [5.74, 6) is -2.23. The van der Waals surface area contributed by atoms with Crippen LogP contribution in [0.4, 0.5) is 13.2 Å². The number of ether oxygens (including phenoxy) is 1. The summed E-state index contributed by atoms with van der Waals surface area (Å²) in [7, 11) is 0. The highest BCUT2D eigenvalue weighted by Crippen LogP contribution is 2.38. The zero-order chi connectivity index (χ0) is 21.9. The zero-order valence-electron chi connectivity index (χ0n) is 16.8. The highest BCUT2D eigenvalue weighted by molar-refractivity contribution is 5.80. The summed E-state index contributed by atoms with van der Waals surface area (Å²) < 4.78 is 50.3. The summed E-state index contributed by atoms with van der Waals surface area (Å²) in [5, 5.41) is 24.8. The average molecular weight is 433 g/mol. The molecule has 2 aliphatic rings. The molecule has 1 aromatic carbocycles. The molecule has 164 valence electrons. The van der Waals surface area contributed by atoms with Crippen LogP contribution in [-0.2, 0) is 13.0 Å². The van der Waals surface area contributed by atoms with E-state index in [4.69, 9.17) is 4.74 Å². The van der Waals surface area contributed by atoms with Crippen LogP contribution in [0.15, 0.2) is 24.5 Å². The molecule has 3 aromatic rings. The molecule has 31 heavy (non-hydrogen) atoms. The Bertz CT molecular complexity index is 1170. The third-order valence-corrected chi connectivity index (χ3v) is 6.36. The van der Waals surface area contributed by atoms with Gasteiger partial charge in [-0.2, -0.15) is 0 Å². The van der Waals surface area contributed by atoms with Crippen molar-refractivity contribution in [2.24, 2.45) is 0 Å². The molecule has 0 radical (unpaired) electrons. The summed E-state index contributed by atoms with van der Waals surface area (Å²) in [5.41, 5.74) is 1.84. The minimum absolute atomic E-state index is 0.135. The van der Waals surface area contributed by atoms with Crippen LogP contribution in [0.2, 0.25) is 0 Å². The number of hydrogen-bond acceptors (Lipinski definition) is 5. The number of aromatic nitrogens is 2. The van der Waals surface area contributed by atoms with Crippen molar-refractivity contribution in [3.8, 4) is 5.75 Å². The predicted octanol–water partition coefficient (Wildman–Crippen LogP) is 2.52. The minimum Gasteiger partial charge on any atom is -0.487 e. The molecule has 4 atom stereocenters. The van der Waals surface area contributed by atoms with E-state index in [1.54, 1.807) is 19.2 Å². The number of hydrogen-bond donors (Lipinski definition) is 3. The van der Waals surface area contributed by atoms with Crippen LogP contribution in [0.1, 0.15) is 29.2 Å². The Kier molecular flexibility index (Phi) is 4.91. The van der Waals surface area contributed by atoms with E-state index in [-0.39, 0.29) is 17.7 Å². The Hall–Kier alpha value is -2.62. The first kappa shape index (κ1) is 20.3. The number of aliphatic hydroxyl groups is 2. The number of nitrogens with zero attached hydrogens (tertiary/aromatic N) is 2. The normalized spacial score (nSPS) is 25.7. The third kappa shape index (κ3) is 3.19. The highest BCUT2D eigenvalue weighted by atomic mass is 19.2. The van der Waals surface area contributed by atoms with Gasteiger partial charge in [-0.25, -0.2) is 18.2 Å². The van der Waals surface area contributed by atoms with Crippen molar-refractivity contribution in [1.82, 2.24) is 14.9 Å². The van der Waals surface area contributed by atoms with Gasteiger partial charge in [0.2, 0.25) is 0 Å². The molecule has 0 amide bonds. The van der Waals surface area contributed by atoms with Crippen molar-refractivity contribution < 1.29 is 28.1 Å². The van der Waals surface area contributed by atoms with Crippen LogP contribution in [0.3, 0.4) is 0 Å². The second kappa shape index (κ2) is 7.51. The lowest BCUT2D eigenvalue weighted by atomic mass is 9.99. The number of pyridine rings is 1. The van der Waals surface area contributed by atoms with Gasteiger partial charge in [-0.15, -0.1) is 0 Å². The molecule has 0 bridgehead atoms. The minimum atomic E-state index is -1.30. The van der Waals surface area contributed by atoms with Gasteiger partial charge in [0.1, 0.15) is 29.7 Å². The predicted molar refractivity (Wildman–Crippen MR) is 106 cm³/mol. The number of fused-ring (bicyclic) bond motifs is 2. The second-order valence-corrected chi connectivity index (χ2v) is 8.21. The molecular formula is C22H22F3N3O3. The van der Waals surface area contributed by atoms with Crippen LogP contribution < -0.4 is 10.1 Å². The van der Waals surface area contributed by atoms with E-state index in [2.05, 4.69) is 10.3 Å². The molecule has 3 N–H and O–H groups in total. The van der Waals surface area contributed by atoms with Gasteiger partial charge in [0, 0.05) is 42.6 Å². The Balaban J connectivity index is 1.48. The first-order valence-electron chi connectivity index (χ1n) is 10.2. The lowest BCUT2D eigenvalue weighted by molar-refractivity contribution is -0.0167. The van der Waals surface area contributed by atoms with E-state index in [1.165, 1.54) is 10.8 Å².